The normalized spacial score (nSPS) is 30.4. The molecule has 0 spiro atoms. The molecule has 0 aromatic carbocycles. The monoisotopic (exact) mass is 165 g/mol. The molecular weight excluding hydrogens is 150 g/mol. The average Bonchev–Trinajstić information content (AvgIpc) is 2.57. The first kappa shape index (κ1) is 7.87. The van der Waals surface area contributed by atoms with Gasteiger partial charge in [-0.3, -0.25) is 0 Å². The third kappa shape index (κ3) is 1.39. The van der Waals surface area contributed by atoms with Gasteiger partial charge in [0.05, 0.1) is 12.1 Å². The Labute approximate surface area is 72.8 Å². The minimum atomic E-state index is -0.133. The van der Waals surface area contributed by atoms with Crippen LogP contribution in [0.15, 0.2) is 24.5 Å². The fourth-order valence-corrected chi connectivity index (χ4v) is 2.01. The number of nitrogens with zero attached hydrogens (tertiary/aromatic N) is 1. The van der Waals surface area contributed by atoms with Crippen molar-refractivity contribution in [3.8, 4) is 0 Å². The van der Waals surface area contributed by atoms with Crippen molar-refractivity contribution in [2.45, 2.75) is 37.8 Å². The Kier molecular flexibility index (Phi) is 2.17. The molecule has 1 heterocycles. The molecule has 2 heteroatoms. The smallest absolute Gasteiger partial charge is 0.0747 e. The van der Waals surface area contributed by atoms with Crippen molar-refractivity contribution in [2.24, 2.45) is 0 Å². The van der Waals surface area contributed by atoms with Gasteiger partial charge in [-0.05, 0) is 25.0 Å². The van der Waals surface area contributed by atoms with Gasteiger partial charge < -0.3 is 9.67 Å². The van der Waals surface area contributed by atoms with Crippen LogP contribution in [0.1, 0.15) is 31.7 Å². The van der Waals surface area contributed by atoms with Crippen LogP contribution < -0.4 is 0 Å². The van der Waals surface area contributed by atoms with Crippen molar-refractivity contribution in [2.75, 3.05) is 0 Å². The van der Waals surface area contributed by atoms with Gasteiger partial charge in [0.15, 0.2) is 0 Å². The summed E-state index contributed by atoms with van der Waals surface area (Å²) in [5.41, 5.74) is 0. The Balaban J connectivity index is 2.11. The Bertz CT molecular complexity index is 230. The zero-order chi connectivity index (χ0) is 8.39. The summed E-state index contributed by atoms with van der Waals surface area (Å²) >= 11 is 0. The fourth-order valence-electron chi connectivity index (χ4n) is 2.01. The molecule has 1 aliphatic carbocycles. The van der Waals surface area contributed by atoms with Crippen molar-refractivity contribution in [3.63, 3.8) is 0 Å². The van der Waals surface area contributed by atoms with E-state index in [1.54, 1.807) is 0 Å². The molecule has 1 aromatic heterocycles. The number of hydrogen-bond donors (Lipinski definition) is 1. The molecule has 1 aromatic rings. The second kappa shape index (κ2) is 3.31. The van der Waals surface area contributed by atoms with Crippen LogP contribution in [0.25, 0.3) is 0 Å². The van der Waals surface area contributed by atoms with Crippen molar-refractivity contribution in [1.82, 2.24) is 4.57 Å². The molecule has 0 bridgehead atoms. The topological polar surface area (TPSA) is 25.2 Å². The van der Waals surface area contributed by atoms with E-state index in [2.05, 4.69) is 4.57 Å². The highest BCUT2D eigenvalue weighted by atomic mass is 16.3. The predicted octanol–water partition coefficient (Wildman–Crippen LogP) is 1.96. The van der Waals surface area contributed by atoms with Crippen LogP contribution in [0.2, 0.25) is 0 Å². The molecule has 2 nitrogen and oxygen atoms in total. The van der Waals surface area contributed by atoms with Crippen LogP contribution in [0, 0.1) is 0 Å². The van der Waals surface area contributed by atoms with Crippen LogP contribution in [0.4, 0.5) is 0 Å². The number of aliphatic hydroxyl groups is 1. The summed E-state index contributed by atoms with van der Waals surface area (Å²) in [4.78, 5) is 0. The quantitative estimate of drug-likeness (QED) is 0.676. The summed E-state index contributed by atoms with van der Waals surface area (Å²) in [5.74, 6) is 0. The molecule has 12 heavy (non-hydrogen) atoms. The summed E-state index contributed by atoms with van der Waals surface area (Å²) in [6.45, 7) is 0. The first-order valence-electron chi connectivity index (χ1n) is 4.68. The maximum absolute atomic E-state index is 9.72. The molecule has 1 N–H and O–H groups in total. The number of aromatic nitrogens is 1. The van der Waals surface area contributed by atoms with E-state index >= 15 is 0 Å². The van der Waals surface area contributed by atoms with Crippen LogP contribution in [0.3, 0.4) is 0 Å². The zero-order valence-corrected chi connectivity index (χ0v) is 7.19. The van der Waals surface area contributed by atoms with E-state index in [4.69, 9.17) is 0 Å². The molecule has 1 fully saturated rings. The predicted molar refractivity (Wildman–Crippen MR) is 47.9 cm³/mol. The lowest BCUT2D eigenvalue weighted by molar-refractivity contribution is 0.0757. The van der Waals surface area contributed by atoms with E-state index in [1.807, 2.05) is 24.5 Å². The second-order valence-electron chi connectivity index (χ2n) is 3.55. The van der Waals surface area contributed by atoms with E-state index < -0.39 is 0 Å². The highest BCUT2D eigenvalue weighted by molar-refractivity contribution is 4.95. The summed E-state index contributed by atoms with van der Waals surface area (Å²) in [6, 6.07) is 4.36. The van der Waals surface area contributed by atoms with E-state index in [9.17, 15) is 5.11 Å². The highest BCUT2D eigenvalue weighted by Gasteiger charge is 2.23. The van der Waals surface area contributed by atoms with Crippen LogP contribution in [-0.2, 0) is 0 Å². The molecule has 1 saturated carbocycles. The molecule has 66 valence electrons. The van der Waals surface area contributed by atoms with E-state index in [1.165, 1.54) is 12.8 Å². The Morgan fingerprint density at radius 3 is 2.42 bits per heavy atom. The third-order valence-electron chi connectivity index (χ3n) is 2.70. The summed E-state index contributed by atoms with van der Waals surface area (Å²) in [5, 5.41) is 9.72. The number of hydrogen-bond acceptors (Lipinski definition) is 1. The van der Waals surface area contributed by atoms with Crippen molar-refractivity contribution >= 4 is 0 Å². The minimum Gasteiger partial charge on any atom is -0.391 e. The van der Waals surface area contributed by atoms with Crippen LogP contribution in [0.5, 0.6) is 0 Å². The fraction of sp³-hybridized carbons (Fsp3) is 0.600. The summed E-state index contributed by atoms with van der Waals surface area (Å²) < 4.78 is 2.13. The average molecular weight is 165 g/mol. The largest absolute Gasteiger partial charge is 0.391 e. The molecule has 0 aliphatic heterocycles. The van der Waals surface area contributed by atoms with E-state index in [0.717, 1.165) is 12.8 Å². The maximum atomic E-state index is 9.72. The standard InChI is InChI=1S/C10H15NO/c12-10-6-2-1-5-9(10)11-7-3-4-8-11/h3-4,7-10,12H,1-2,5-6H2. The molecular formula is C10H15NO. The van der Waals surface area contributed by atoms with Crippen molar-refractivity contribution in [3.05, 3.63) is 24.5 Å². The van der Waals surface area contributed by atoms with Crippen molar-refractivity contribution < 1.29 is 5.11 Å². The molecule has 2 unspecified atom stereocenters. The molecule has 0 radical (unpaired) electrons. The Hall–Kier alpha value is -0.760. The van der Waals surface area contributed by atoms with E-state index in [-0.39, 0.29) is 6.10 Å². The molecule has 0 saturated heterocycles. The Morgan fingerprint density at radius 1 is 1.08 bits per heavy atom. The maximum Gasteiger partial charge on any atom is 0.0747 e. The van der Waals surface area contributed by atoms with Gasteiger partial charge in [0.1, 0.15) is 0 Å². The van der Waals surface area contributed by atoms with Crippen LogP contribution in [-0.4, -0.2) is 15.8 Å². The molecule has 1 aliphatic rings. The summed E-state index contributed by atoms with van der Waals surface area (Å²) in [6.07, 6.45) is 8.46. The van der Waals surface area contributed by atoms with Crippen LogP contribution >= 0.6 is 0 Å². The second-order valence-corrected chi connectivity index (χ2v) is 3.55. The SMILES string of the molecule is OC1CCCCC1n1cccc1. The zero-order valence-electron chi connectivity index (χ0n) is 7.19. The van der Waals surface area contributed by atoms with Crippen molar-refractivity contribution in [1.29, 1.82) is 0 Å². The Morgan fingerprint density at radius 2 is 1.75 bits per heavy atom. The lowest BCUT2D eigenvalue weighted by atomic mass is 9.92. The van der Waals surface area contributed by atoms with Gasteiger partial charge in [0, 0.05) is 12.4 Å². The number of aliphatic hydroxyl groups excluding tert-OH is 1. The van der Waals surface area contributed by atoms with Gasteiger partial charge in [-0.25, -0.2) is 0 Å². The lowest BCUT2D eigenvalue weighted by Crippen LogP contribution is -2.26. The van der Waals surface area contributed by atoms with Gasteiger partial charge in [-0.1, -0.05) is 12.8 Å². The molecule has 2 rings (SSSR count). The van der Waals surface area contributed by atoms with Gasteiger partial charge in [-0.2, -0.15) is 0 Å². The lowest BCUT2D eigenvalue weighted by Gasteiger charge is -2.28. The van der Waals surface area contributed by atoms with Gasteiger partial charge in [0.2, 0.25) is 0 Å². The van der Waals surface area contributed by atoms with E-state index in [0.29, 0.717) is 6.04 Å². The minimum absolute atomic E-state index is 0.133. The van der Waals surface area contributed by atoms with Gasteiger partial charge >= 0.3 is 0 Å². The highest BCUT2D eigenvalue weighted by Crippen LogP contribution is 2.28. The first-order valence-corrected chi connectivity index (χ1v) is 4.68. The number of rotatable bonds is 1. The molecule has 0 amide bonds. The first-order chi connectivity index (χ1) is 5.88. The summed E-state index contributed by atoms with van der Waals surface area (Å²) in [7, 11) is 0. The molecule has 2 atom stereocenters. The van der Waals surface area contributed by atoms with Gasteiger partial charge in [-0.15, -0.1) is 0 Å². The van der Waals surface area contributed by atoms with Gasteiger partial charge in [0.25, 0.3) is 0 Å². The third-order valence-corrected chi connectivity index (χ3v) is 2.70.